The van der Waals surface area contributed by atoms with Crippen molar-refractivity contribution in [2.45, 2.75) is 176 Å². The Labute approximate surface area is 524 Å². The smallest absolute Gasteiger partial charge is 0.411 e. The Morgan fingerprint density at radius 1 is 0.882 bits per heavy atom. The van der Waals surface area contributed by atoms with Crippen LogP contribution in [0.2, 0.25) is 0 Å². The molecule has 2 bridgehead atoms. The van der Waals surface area contributed by atoms with E-state index in [1.807, 2.05) is 35.8 Å². The van der Waals surface area contributed by atoms with Gasteiger partial charge in [0.15, 0.2) is 47.4 Å². The monoisotopic (exact) mass is 1380 g/mol. The standard InChI is InChI=1S/C56H76IN3O21S4/c1-13-58-31-25-74-35(23-34(31)69-7)78-48-43(64)40(27(3)76-53(48)80-55(6)19-16-14-15-17-20-56(68)24-33(62)41(59-54(67)73-11)38(55)30(56)18-21-83-85-82-12)60-81-36-22-32(61)50(29(5)75-36)84-51(66)37-26(2)39(57)46(49(72-10)45(37)70-8)79-52-44(65)47(71-9)42(63)28(4)77-52/h14-15,18,27-29,31-32,34-36,40,42-44,47-48,50,52-53,58,60-61,63-65,68H,13,21-25H2,1-12H3,(H,59,67)/b15-14-,30-18+/t27?,28?,29?,31?,32?,34?,35?,36?,40?,42?,43?,44?,47?,48?,50?,52?,53?,55-,56-/m0/s1. The third kappa shape index (κ3) is 15.8. The fraction of sp³-hybridized carbons (Fsp3) is 0.661. The Morgan fingerprint density at radius 3 is 2.24 bits per heavy atom. The number of allylic oxidation sites excluding steroid dienone is 3. The van der Waals surface area contributed by atoms with Gasteiger partial charge in [0.2, 0.25) is 17.2 Å². The first-order chi connectivity index (χ1) is 40.5. The number of alkyl carbamates (subject to hydrolysis) is 1. The van der Waals surface area contributed by atoms with Gasteiger partial charge in [-0.3, -0.25) is 19.7 Å². The van der Waals surface area contributed by atoms with Gasteiger partial charge in [0.1, 0.15) is 30.5 Å². The van der Waals surface area contributed by atoms with Crippen LogP contribution in [-0.2, 0) is 52.3 Å². The number of hydrogen-bond acceptors (Lipinski definition) is 27. The van der Waals surface area contributed by atoms with Crippen LogP contribution in [0.25, 0.3) is 0 Å². The van der Waals surface area contributed by atoms with E-state index in [0.717, 1.165) is 18.9 Å². The number of nitrogens with one attached hydrogen (secondary N) is 3. The Balaban J connectivity index is 1.13. The highest BCUT2D eigenvalue weighted by molar-refractivity contribution is 14.1. The highest BCUT2D eigenvalue weighted by Gasteiger charge is 2.55. The first-order valence-electron chi connectivity index (χ1n) is 27.3. The maximum atomic E-state index is 14.5. The minimum absolute atomic E-state index is 0.0258. The number of carbonyl (C=O) groups is 3. The second-order valence-corrected chi connectivity index (χ2v) is 27.3. The molecule has 0 aromatic heterocycles. The number of amides is 1. The summed E-state index contributed by atoms with van der Waals surface area (Å²) in [4.78, 5) is 47.8. The summed E-state index contributed by atoms with van der Waals surface area (Å²) in [5, 5.41) is 62.9. The van der Waals surface area contributed by atoms with Crippen molar-refractivity contribution < 1.29 is 102 Å². The Hall–Kier alpha value is -2.94. The number of hydroxylamine groups is 1. The molecule has 1 aromatic rings. The van der Waals surface area contributed by atoms with Gasteiger partial charge in [-0.25, -0.2) is 4.79 Å². The van der Waals surface area contributed by atoms with Crippen LogP contribution in [0.4, 0.5) is 4.79 Å². The van der Waals surface area contributed by atoms with E-state index >= 15 is 0 Å². The van der Waals surface area contributed by atoms with Crippen molar-refractivity contribution in [3.63, 3.8) is 0 Å². The largest absolute Gasteiger partial charge is 0.492 e. The van der Waals surface area contributed by atoms with Gasteiger partial charge in [-0.15, -0.1) is 0 Å². The highest BCUT2D eigenvalue weighted by atomic mass is 127. The van der Waals surface area contributed by atoms with E-state index < -0.39 is 126 Å². The molecule has 24 nitrogen and oxygen atoms in total. The molecular weight excluding hydrogens is 1310 g/mol. The van der Waals surface area contributed by atoms with E-state index in [1.54, 1.807) is 40.9 Å². The van der Waals surface area contributed by atoms with Crippen LogP contribution in [-0.4, -0.2) is 218 Å². The maximum Gasteiger partial charge on any atom is 0.411 e. The number of rotatable bonds is 22. The number of hydrogen-bond donors (Lipinski definition) is 8. The third-order valence-corrected chi connectivity index (χ3v) is 21.5. The normalized spacial score (nSPS) is 36.5. The number of ketones is 1. The number of carbonyl (C=O) groups excluding carboxylic acids is 3. The highest BCUT2D eigenvalue weighted by Crippen LogP contribution is 2.50. The average Bonchev–Trinajstić information content (AvgIpc) is 1.61. The van der Waals surface area contributed by atoms with Crippen LogP contribution < -0.4 is 30.3 Å². The van der Waals surface area contributed by atoms with Crippen LogP contribution in [0.3, 0.4) is 0 Å². The lowest BCUT2D eigenvalue weighted by Gasteiger charge is -2.48. The molecular formula is C56H76IN3O21S4. The first-order valence-corrected chi connectivity index (χ1v) is 33.3. The van der Waals surface area contributed by atoms with E-state index in [0.29, 0.717) is 21.4 Å². The van der Waals surface area contributed by atoms with E-state index in [-0.39, 0.29) is 71.2 Å². The van der Waals surface area contributed by atoms with Crippen LogP contribution in [0.5, 0.6) is 17.2 Å². The van der Waals surface area contributed by atoms with Crippen molar-refractivity contribution in [1.29, 1.82) is 0 Å². The molecule has 8 N–H and O–H groups in total. The molecule has 472 valence electrons. The SMILES string of the molecule is CCNC1COC(OC2C(O[C@@]3(C)C#C/C=C\C#C[C@]4(O)CC(=O)C(NC(=O)OC)=C3/C4=C\CSSSC)OC(C)C(NOC3CC(O)C(SC(=O)c4c(C)c(I)c(OC5OC(C)C(O)C(OC)C5O)c(OC)c4OC)C(C)O3)C2O)CC1OC. The molecule has 29 heteroatoms. The van der Waals surface area contributed by atoms with E-state index in [9.17, 15) is 39.9 Å². The fourth-order valence-corrected chi connectivity index (χ4v) is 15.0. The lowest BCUT2D eigenvalue weighted by atomic mass is 9.72. The predicted molar refractivity (Wildman–Crippen MR) is 324 cm³/mol. The van der Waals surface area contributed by atoms with Crippen molar-refractivity contribution in [3.05, 3.63) is 49.8 Å². The summed E-state index contributed by atoms with van der Waals surface area (Å²) >= 11 is 2.83. The lowest BCUT2D eigenvalue weighted by molar-refractivity contribution is -0.342. The van der Waals surface area contributed by atoms with Crippen molar-refractivity contribution >= 4 is 82.8 Å². The summed E-state index contributed by atoms with van der Waals surface area (Å²) < 4.78 is 72.9. The molecule has 0 radical (unpaired) electrons. The molecule has 0 saturated carbocycles. The van der Waals surface area contributed by atoms with Gasteiger partial charge in [-0.1, -0.05) is 70.0 Å². The van der Waals surface area contributed by atoms with Gasteiger partial charge >= 0.3 is 6.09 Å². The zero-order valence-corrected chi connectivity index (χ0v) is 54.5. The molecule has 7 rings (SSSR count). The first kappa shape index (κ1) is 69.5. The van der Waals surface area contributed by atoms with Crippen LogP contribution in [0.1, 0.15) is 69.8 Å². The lowest BCUT2D eigenvalue weighted by Crippen LogP contribution is -2.65. The van der Waals surface area contributed by atoms with Gasteiger partial charge in [0.25, 0.3) is 0 Å². The van der Waals surface area contributed by atoms with Crippen LogP contribution in [0.15, 0.2) is 35.1 Å². The summed E-state index contributed by atoms with van der Waals surface area (Å²) in [6, 6.07) is -1.28. The van der Waals surface area contributed by atoms with Gasteiger partial charge < -0.3 is 87.7 Å². The average molecular weight is 1380 g/mol. The number of halogens is 1. The Kier molecular flexibility index (Phi) is 25.5. The minimum Gasteiger partial charge on any atom is -0.492 e. The predicted octanol–water partition coefficient (Wildman–Crippen LogP) is 3.59. The van der Waals surface area contributed by atoms with Crippen molar-refractivity contribution in [2.75, 3.05) is 60.7 Å². The molecule has 17 unspecified atom stereocenters. The molecule has 6 aliphatic rings. The topological polar surface area (TPSA) is 308 Å². The number of thioether (sulfide) groups is 1. The van der Waals surface area contributed by atoms with Gasteiger partial charge in [0, 0.05) is 44.0 Å². The Bertz CT molecular complexity index is 2770. The summed E-state index contributed by atoms with van der Waals surface area (Å²) in [6.45, 7) is 10.9. The fourth-order valence-electron chi connectivity index (χ4n) is 10.8. The van der Waals surface area contributed by atoms with Crippen molar-refractivity contribution in [2.24, 2.45) is 0 Å². The molecule has 19 atom stereocenters. The molecule has 4 saturated heterocycles. The zero-order chi connectivity index (χ0) is 62.1. The molecule has 1 aromatic carbocycles. The summed E-state index contributed by atoms with van der Waals surface area (Å²) in [5.41, 5.74) is -0.712. The zero-order valence-electron chi connectivity index (χ0n) is 49.1. The molecule has 0 spiro atoms. The number of fused-ring (bicyclic) bond motifs is 2. The second-order valence-electron chi connectivity index (χ2n) is 20.6. The molecule has 1 amide bonds. The van der Waals surface area contributed by atoms with Gasteiger partial charge in [-0.05, 0) is 97.6 Å². The van der Waals surface area contributed by atoms with Crippen LogP contribution >= 0.6 is 65.8 Å². The van der Waals surface area contributed by atoms with Crippen LogP contribution in [0, 0.1) is 34.2 Å². The molecule has 4 aliphatic heterocycles. The number of aliphatic hydroxyl groups is 5. The summed E-state index contributed by atoms with van der Waals surface area (Å²) in [6.07, 6.45) is -10.5. The Morgan fingerprint density at radius 2 is 1.59 bits per heavy atom. The summed E-state index contributed by atoms with van der Waals surface area (Å²) in [7, 11) is 11.3. The van der Waals surface area contributed by atoms with E-state index in [1.165, 1.54) is 71.8 Å². The molecule has 85 heavy (non-hydrogen) atoms. The number of methoxy groups -OCH3 is 5. The number of ether oxygens (including phenoxy) is 12. The third-order valence-electron chi connectivity index (χ3n) is 15.1. The summed E-state index contributed by atoms with van der Waals surface area (Å²) in [5.74, 6) is 11.4. The van der Waals surface area contributed by atoms with Gasteiger partial charge in [-0.2, -0.15) is 5.48 Å². The van der Waals surface area contributed by atoms with Crippen molar-refractivity contribution in [1.82, 2.24) is 16.1 Å². The molecule has 4 heterocycles. The van der Waals surface area contributed by atoms with Crippen molar-refractivity contribution in [3.8, 4) is 40.9 Å². The number of likely N-dealkylation sites (N-methyl/N-ethyl adjacent to an activating group) is 1. The minimum atomic E-state index is -2.08. The van der Waals surface area contributed by atoms with E-state index in [2.05, 4.69) is 39.8 Å². The number of benzene rings is 1. The maximum absolute atomic E-state index is 14.5. The second kappa shape index (κ2) is 31.2. The number of aliphatic hydroxyl groups excluding tert-OH is 4. The number of Topliss-reactive ketones (excluding diaryl/α,β-unsaturated/α-hetero) is 1. The quantitative estimate of drug-likeness (QED) is 0.0270. The van der Waals surface area contributed by atoms with E-state index in [4.69, 9.17) is 61.7 Å². The van der Waals surface area contributed by atoms with Gasteiger partial charge in [0.05, 0.1) is 97.0 Å². The molecule has 2 aliphatic carbocycles. The molecule has 4 fully saturated rings.